The fourth-order valence-corrected chi connectivity index (χ4v) is 2.98. The maximum atomic E-state index is 12.5. The van der Waals surface area contributed by atoms with Crippen molar-refractivity contribution < 1.29 is 14.3 Å². The van der Waals surface area contributed by atoms with Gasteiger partial charge < -0.3 is 19.9 Å². The fourth-order valence-electron chi connectivity index (χ4n) is 2.98. The van der Waals surface area contributed by atoms with Gasteiger partial charge in [0.25, 0.3) is 11.8 Å². The molecule has 3 rings (SSSR count). The van der Waals surface area contributed by atoms with Gasteiger partial charge >= 0.3 is 0 Å². The Bertz CT molecular complexity index is 779. The molecule has 0 aromatic heterocycles. The third-order valence-electron chi connectivity index (χ3n) is 4.80. The number of amides is 2. The predicted molar refractivity (Wildman–Crippen MR) is 104 cm³/mol. The zero-order chi connectivity index (χ0) is 19.2. The van der Waals surface area contributed by atoms with E-state index in [1.807, 2.05) is 29.2 Å². The Balaban J connectivity index is 1.55. The summed E-state index contributed by atoms with van der Waals surface area (Å²) < 4.78 is 5.12. The van der Waals surface area contributed by atoms with Crippen LogP contribution in [0.3, 0.4) is 0 Å². The van der Waals surface area contributed by atoms with Gasteiger partial charge in [0.05, 0.1) is 7.11 Å². The van der Waals surface area contributed by atoms with Crippen molar-refractivity contribution in [3.63, 3.8) is 0 Å². The molecular formula is C21H25N3O3. The molecule has 6 nitrogen and oxygen atoms in total. The minimum Gasteiger partial charge on any atom is -0.497 e. The summed E-state index contributed by atoms with van der Waals surface area (Å²) in [4.78, 5) is 28.9. The molecule has 0 spiro atoms. The van der Waals surface area contributed by atoms with Crippen molar-refractivity contribution in [1.29, 1.82) is 0 Å². The molecule has 1 aliphatic rings. The van der Waals surface area contributed by atoms with Gasteiger partial charge in [-0.1, -0.05) is 12.1 Å². The van der Waals surface area contributed by atoms with Crippen molar-refractivity contribution in [2.45, 2.75) is 6.54 Å². The highest BCUT2D eigenvalue weighted by molar-refractivity contribution is 5.97. The number of carbonyl (C=O) groups excluding carboxylic acids is 2. The summed E-state index contributed by atoms with van der Waals surface area (Å²) in [5, 5.41) is 2.89. The van der Waals surface area contributed by atoms with Gasteiger partial charge in [0.2, 0.25) is 0 Å². The van der Waals surface area contributed by atoms with E-state index in [1.54, 1.807) is 31.4 Å². The minimum absolute atomic E-state index is 0.0216. The number of benzene rings is 2. The molecule has 1 heterocycles. The SMILES string of the molecule is COc1ccc(CNC(=O)c2ccc(C(=O)N3CCN(C)CC3)cc2)cc1. The van der Waals surface area contributed by atoms with Crippen LogP contribution in [0.2, 0.25) is 0 Å². The Hall–Kier alpha value is -2.86. The second kappa shape index (κ2) is 8.68. The van der Waals surface area contributed by atoms with Crippen molar-refractivity contribution in [3.8, 4) is 5.75 Å². The van der Waals surface area contributed by atoms with Crippen LogP contribution in [-0.4, -0.2) is 62.0 Å². The third kappa shape index (κ3) is 4.86. The molecule has 0 atom stereocenters. The van der Waals surface area contributed by atoms with Gasteiger partial charge in [0.1, 0.15) is 5.75 Å². The zero-order valence-corrected chi connectivity index (χ0v) is 15.8. The first-order valence-electron chi connectivity index (χ1n) is 9.06. The number of piperazine rings is 1. The molecule has 0 saturated carbocycles. The second-order valence-electron chi connectivity index (χ2n) is 6.70. The first-order chi connectivity index (χ1) is 13.1. The summed E-state index contributed by atoms with van der Waals surface area (Å²) in [5.74, 6) is 0.642. The maximum absolute atomic E-state index is 12.5. The first-order valence-corrected chi connectivity index (χ1v) is 9.06. The average molecular weight is 367 g/mol. The number of nitrogens with zero attached hydrogens (tertiary/aromatic N) is 2. The molecule has 142 valence electrons. The lowest BCUT2D eigenvalue weighted by molar-refractivity contribution is 0.0663. The van der Waals surface area contributed by atoms with Crippen molar-refractivity contribution in [3.05, 3.63) is 65.2 Å². The van der Waals surface area contributed by atoms with Crippen molar-refractivity contribution in [2.24, 2.45) is 0 Å². The normalized spacial score (nSPS) is 14.7. The molecule has 1 N–H and O–H groups in total. The number of methoxy groups -OCH3 is 1. The highest BCUT2D eigenvalue weighted by atomic mass is 16.5. The summed E-state index contributed by atoms with van der Waals surface area (Å²) in [5.41, 5.74) is 2.15. The summed E-state index contributed by atoms with van der Waals surface area (Å²) in [6.07, 6.45) is 0. The maximum Gasteiger partial charge on any atom is 0.253 e. The quantitative estimate of drug-likeness (QED) is 0.878. The lowest BCUT2D eigenvalue weighted by atomic mass is 10.1. The van der Waals surface area contributed by atoms with Crippen molar-refractivity contribution >= 4 is 11.8 Å². The lowest BCUT2D eigenvalue weighted by Crippen LogP contribution is -2.47. The minimum atomic E-state index is -0.163. The van der Waals surface area contributed by atoms with Gasteiger partial charge in [-0.15, -0.1) is 0 Å². The van der Waals surface area contributed by atoms with Gasteiger partial charge in [0.15, 0.2) is 0 Å². The van der Waals surface area contributed by atoms with Crippen LogP contribution in [0.15, 0.2) is 48.5 Å². The number of hydrogen-bond donors (Lipinski definition) is 1. The number of rotatable bonds is 5. The monoisotopic (exact) mass is 367 g/mol. The van der Waals surface area contributed by atoms with Crippen LogP contribution in [0, 0.1) is 0 Å². The van der Waals surface area contributed by atoms with Gasteiger partial charge in [0, 0.05) is 43.9 Å². The molecule has 27 heavy (non-hydrogen) atoms. The molecule has 0 radical (unpaired) electrons. The molecule has 0 aliphatic carbocycles. The van der Waals surface area contributed by atoms with E-state index < -0.39 is 0 Å². The van der Waals surface area contributed by atoms with E-state index in [0.29, 0.717) is 17.7 Å². The number of ether oxygens (including phenoxy) is 1. The first kappa shape index (κ1) is 18.9. The topological polar surface area (TPSA) is 61.9 Å². The molecule has 2 aromatic carbocycles. The van der Waals surface area contributed by atoms with Gasteiger partial charge in [-0.05, 0) is 49.0 Å². The molecule has 2 amide bonds. The Kier molecular flexibility index (Phi) is 6.08. The highest BCUT2D eigenvalue weighted by Crippen LogP contribution is 2.12. The second-order valence-corrected chi connectivity index (χ2v) is 6.70. The van der Waals surface area contributed by atoms with Gasteiger partial charge in [-0.25, -0.2) is 0 Å². The molecule has 0 bridgehead atoms. The van der Waals surface area contributed by atoms with E-state index in [9.17, 15) is 9.59 Å². The van der Waals surface area contributed by atoms with E-state index in [0.717, 1.165) is 37.5 Å². The number of hydrogen-bond acceptors (Lipinski definition) is 4. The highest BCUT2D eigenvalue weighted by Gasteiger charge is 2.20. The van der Waals surface area contributed by atoms with Crippen LogP contribution < -0.4 is 10.1 Å². The van der Waals surface area contributed by atoms with Gasteiger partial charge in [-0.2, -0.15) is 0 Å². The van der Waals surface area contributed by atoms with Crippen molar-refractivity contribution in [1.82, 2.24) is 15.1 Å². The molecular weight excluding hydrogens is 342 g/mol. The largest absolute Gasteiger partial charge is 0.497 e. The van der Waals surface area contributed by atoms with E-state index in [-0.39, 0.29) is 11.8 Å². The molecule has 1 fully saturated rings. The lowest BCUT2D eigenvalue weighted by Gasteiger charge is -2.32. The molecule has 6 heteroatoms. The molecule has 1 saturated heterocycles. The van der Waals surface area contributed by atoms with Crippen LogP contribution in [0.1, 0.15) is 26.3 Å². The Morgan fingerprint density at radius 2 is 1.52 bits per heavy atom. The van der Waals surface area contributed by atoms with Gasteiger partial charge in [-0.3, -0.25) is 9.59 Å². The predicted octanol–water partition coefficient (Wildman–Crippen LogP) is 2.01. The number of likely N-dealkylation sites (N-methyl/N-ethyl adjacent to an activating group) is 1. The number of nitrogens with one attached hydrogen (secondary N) is 1. The summed E-state index contributed by atoms with van der Waals surface area (Å²) in [7, 11) is 3.68. The van der Waals surface area contributed by atoms with Crippen LogP contribution in [0.5, 0.6) is 5.75 Å². The molecule has 1 aliphatic heterocycles. The standard InChI is InChI=1S/C21H25N3O3/c1-23-11-13-24(14-12-23)21(26)18-7-5-17(6-8-18)20(25)22-15-16-3-9-19(27-2)10-4-16/h3-10H,11-15H2,1-2H3,(H,22,25). The van der Waals surface area contributed by atoms with E-state index in [2.05, 4.69) is 17.3 Å². The Morgan fingerprint density at radius 3 is 2.11 bits per heavy atom. The van der Waals surface area contributed by atoms with E-state index in [4.69, 9.17) is 4.74 Å². The molecule has 0 unspecified atom stereocenters. The van der Waals surface area contributed by atoms with Crippen LogP contribution in [0.25, 0.3) is 0 Å². The summed E-state index contributed by atoms with van der Waals surface area (Å²) >= 11 is 0. The zero-order valence-electron chi connectivity index (χ0n) is 15.8. The van der Waals surface area contributed by atoms with Crippen LogP contribution in [-0.2, 0) is 6.54 Å². The van der Waals surface area contributed by atoms with Crippen LogP contribution >= 0.6 is 0 Å². The Morgan fingerprint density at radius 1 is 0.926 bits per heavy atom. The van der Waals surface area contributed by atoms with Crippen molar-refractivity contribution in [2.75, 3.05) is 40.3 Å². The average Bonchev–Trinajstić information content (AvgIpc) is 2.72. The summed E-state index contributed by atoms with van der Waals surface area (Å²) in [6, 6.07) is 14.4. The summed E-state index contributed by atoms with van der Waals surface area (Å²) in [6.45, 7) is 3.68. The third-order valence-corrected chi connectivity index (χ3v) is 4.80. The smallest absolute Gasteiger partial charge is 0.253 e. The van der Waals surface area contributed by atoms with Crippen LogP contribution in [0.4, 0.5) is 0 Å². The fraction of sp³-hybridized carbons (Fsp3) is 0.333. The number of carbonyl (C=O) groups is 2. The Labute approximate surface area is 159 Å². The van der Waals surface area contributed by atoms with E-state index >= 15 is 0 Å². The van der Waals surface area contributed by atoms with E-state index in [1.165, 1.54) is 0 Å². The molecule has 2 aromatic rings.